The van der Waals surface area contributed by atoms with Crippen molar-refractivity contribution in [2.75, 3.05) is 16.8 Å². The zero-order valence-corrected chi connectivity index (χ0v) is 19.6. The fourth-order valence-electron chi connectivity index (χ4n) is 4.34. The Morgan fingerprint density at radius 3 is 2.56 bits per heavy atom. The molecule has 1 aliphatic heterocycles. The van der Waals surface area contributed by atoms with Crippen molar-refractivity contribution in [3.63, 3.8) is 0 Å². The van der Waals surface area contributed by atoms with Crippen LogP contribution in [0.2, 0.25) is 0 Å². The number of carbonyl (C=O) groups excluding carboxylic acids is 1. The molecule has 3 heterocycles. The summed E-state index contributed by atoms with van der Waals surface area (Å²) in [5, 5.41) is 7.92. The number of hydrogen-bond acceptors (Lipinski definition) is 5. The predicted octanol–water partition coefficient (Wildman–Crippen LogP) is 4.47. The van der Waals surface area contributed by atoms with E-state index in [4.69, 9.17) is 4.98 Å². The first-order chi connectivity index (χ1) is 16.2. The monoisotopic (exact) mass is 478 g/mol. The van der Waals surface area contributed by atoms with E-state index in [1.54, 1.807) is 36.7 Å². The molecule has 9 heteroatoms. The minimum atomic E-state index is -3.14. The lowest BCUT2D eigenvalue weighted by atomic mass is 10.0. The molecular weight excluding hydrogens is 455 g/mol. The van der Waals surface area contributed by atoms with Gasteiger partial charge in [-0.25, -0.2) is 22.5 Å². The molecule has 1 saturated heterocycles. The highest BCUT2D eigenvalue weighted by Gasteiger charge is 2.32. The smallest absolute Gasteiger partial charge is 0.256 e. The van der Waals surface area contributed by atoms with Crippen LogP contribution in [0.25, 0.3) is 22.3 Å². The van der Waals surface area contributed by atoms with Gasteiger partial charge < -0.3 is 5.32 Å². The van der Waals surface area contributed by atoms with Crippen molar-refractivity contribution in [2.45, 2.75) is 26.3 Å². The van der Waals surface area contributed by atoms with Crippen LogP contribution >= 0.6 is 0 Å². The summed E-state index contributed by atoms with van der Waals surface area (Å²) in [5.74, 6) is -0.739. The fraction of sp³-hybridized carbons (Fsp3) is 0.240. The number of amides is 1. The number of rotatable bonds is 4. The van der Waals surface area contributed by atoms with Crippen LogP contribution in [0.4, 0.5) is 10.1 Å². The summed E-state index contributed by atoms with van der Waals surface area (Å²) in [5.41, 5.74) is 3.58. The largest absolute Gasteiger partial charge is 0.322 e. The summed E-state index contributed by atoms with van der Waals surface area (Å²) < 4.78 is 39.9. The number of nitrogens with one attached hydrogen (secondary N) is 1. The molecule has 1 fully saturated rings. The zero-order chi connectivity index (χ0) is 24.0. The number of halogens is 1. The van der Waals surface area contributed by atoms with E-state index in [0.29, 0.717) is 45.7 Å². The molecule has 1 amide bonds. The molecule has 34 heavy (non-hydrogen) atoms. The van der Waals surface area contributed by atoms with E-state index in [2.05, 4.69) is 10.4 Å². The highest BCUT2D eigenvalue weighted by Crippen LogP contribution is 2.32. The number of aryl methyl sites for hydroxylation is 2. The van der Waals surface area contributed by atoms with Crippen LogP contribution < -0.4 is 5.32 Å². The lowest BCUT2D eigenvalue weighted by Crippen LogP contribution is -2.15. The molecule has 1 aliphatic rings. The third-order valence-electron chi connectivity index (χ3n) is 6.14. The highest BCUT2D eigenvalue weighted by atomic mass is 32.2. The quantitative estimate of drug-likeness (QED) is 0.467. The van der Waals surface area contributed by atoms with Crippen molar-refractivity contribution < 1.29 is 17.6 Å². The van der Waals surface area contributed by atoms with Gasteiger partial charge in [-0.15, -0.1) is 0 Å². The van der Waals surface area contributed by atoms with Gasteiger partial charge >= 0.3 is 0 Å². The van der Waals surface area contributed by atoms with E-state index in [1.165, 1.54) is 6.07 Å². The van der Waals surface area contributed by atoms with Crippen LogP contribution in [0.5, 0.6) is 0 Å². The van der Waals surface area contributed by atoms with Gasteiger partial charge in [-0.3, -0.25) is 4.79 Å². The number of hydrogen-bond donors (Lipinski definition) is 1. The Bertz CT molecular complexity index is 1530. The van der Waals surface area contributed by atoms with Gasteiger partial charge in [0.05, 0.1) is 39.9 Å². The average Bonchev–Trinajstić information content (AvgIpc) is 3.35. The molecule has 4 aromatic rings. The second-order valence-electron chi connectivity index (χ2n) is 8.62. The number of nitrogens with zero attached hydrogens (tertiary/aromatic N) is 3. The molecule has 0 saturated carbocycles. The Morgan fingerprint density at radius 1 is 1.12 bits per heavy atom. The van der Waals surface area contributed by atoms with E-state index in [-0.39, 0.29) is 17.5 Å². The summed E-state index contributed by atoms with van der Waals surface area (Å²) in [6.45, 7) is 3.43. The Morgan fingerprint density at radius 2 is 1.88 bits per heavy atom. The second-order valence-corrected chi connectivity index (χ2v) is 10.9. The lowest BCUT2D eigenvalue weighted by molar-refractivity contribution is 0.102. The summed E-state index contributed by atoms with van der Waals surface area (Å²) in [6, 6.07) is 15.3. The van der Waals surface area contributed by atoms with Gasteiger partial charge in [0.1, 0.15) is 5.82 Å². The van der Waals surface area contributed by atoms with E-state index < -0.39 is 21.6 Å². The minimum Gasteiger partial charge on any atom is -0.322 e. The third kappa shape index (κ3) is 4.07. The van der Waals surface area contributed by atoms with Crippen molar-refractivity contribution in [1.29, 1.82) is 0 Å². The number of pyridine rings is 1. The Kier molecular flexibility index (Phi) is 5.44. The van der Waals surface area contributed by atoms with Crippen LogP contribution in [0.15, 0.2) is 54.6 Å². The van der Waals surface area contributed by atoms with Crippen molar-refractivity contribution >= 4 is 32.5 Å². The molecule has 1 atom stereocenters. The predicted molar refractivity (Wildman–Crippen MR) is 129 cm³/mol. The van der Waals surface area contributed by atoms with Crippen LogP contribution in [-0.4, -0.2) is 40.6 Å². The number of fused-ring (bicyclic) bond motifs is 1. The average molecular weight is 479 g/mol. The lowest BCUT2D eigenvalue weighted by Gasteiger charge is -2.12. The zero-order valence-electron chi connectivity index (χ0n) is 18.7. The summed E-state index contributed by atoms with van der Waals surface area (Å²) in [6.07, 6.45) is 0.444. The van der Waals surface area contributed by atoms with Gasteiger partial charge in [-0.05, 0) is 44.0 Å². The minimum absolute atomic E-state index is 0.00929. The number of benzene rings is 2. The van der Waals surface area contributed by atoms with Crippen LogP contribution in [0, 0.1) is 19.7 Å². The molecule has 2 aromatic carbocycles. The fourth-order valence-corrected chi connectivity index (χ4v) is 6.03. The normalized spacial score (nSPS) is 17.2. The Balaban J connectivity index is 1.66. The molecule has 0 aliphatic carbocycles. The summed E-state index contributed by atoms with van der Waals surface area (Å²) in [7, 11) is -3.14. The van der Waals surface area contributed by atoms with Crippen LogP contribution in [-0.2, 0) is 9.84 Å². The first kappa shape index (κ1) is 22.2. The van der Waals surface area contributed by atoms with Crippen molar-refractivity contribution in [3.8, 4) is 11.3 Å². The van der Waals surface area contributed by atoms with E-state index in [0.717, 1.165) is 5.56 Å². The van der Waals surface area contributed by atoms with Gasteiger partial charge in [0, 0.05) is 11.3 Å². The van der Waals surface area contributed by atoms with Gasteiger partial charge in [-0.1, -0.05) is 36.4 Å². The van der Waals surface area contributed by atoms with Gasteiger partial charge in [0.2, 0.25) is 0 Å². The molecule has 0 spiro atoms. The molecule has 5 rings (SSSR count). The number of anilines is 1. The summed E-state index contributed by atoms with van der Waals surface area (Å²) in [4.78, 5) is 18.2. The van der Waals surface area contributed by atoms with Crippen molar-refractivity contribution in [3.05, 3.63) is 77.2 Å². The SMILES string of the molecule is Cc1ccc(NC(=O)c2cc(-c3ccccc3)nc3c2c(C)nn3C2CCS(=O)(=O)C2)cc1F. The van der Waals surface area contributed by atoms with Crippen molar-refractivity contribution in [1.82, 2.24) is 14.8 Å². The van der Waals surface area contributed by atoms with Crippen LogP contribution in [0.1, 0.15) is 34.1 Å². The van der Waals surface area contributed by atoms with Crippen molar-refractivity contribution in [2.24, 2.45) is 0 Å². The number of aromatic nitrogens is 3. The topological polar surface area (TPSA) is 93.9 Å². The molecule has 1 unspecified atom stereocenters. The van der Waals surface area contributed by atoms with Crippen LogP contribution in [0.3, 0.4) is 0 Å². The third-order valence-corrected chi connectivity index (χ3v) is 7.89. The van der Waals surface area contributed by atoms with E-state index in [9.17, 15) is 17.6 Å². The number of sulfone groups is 1. The molecule has 0 bridgehead atoms. The summed E-state index contributed by atoms with van der Waals surface area (Å²) >= 11 is 0. The molecule has 2 aromatic heterocycles. The van der Waals surface area contributed by atoms with E-state index in [1.807, 2.05) is 30.3 Å². The number of carbonyl (C=O) groups is 1. The van der Waals surface area contributed by atoms with Gasteiger partial charge in [0.15, 0.2) is 15.5 Å². The van der Waals surface area contributed by atoms with Gasteiger partial charge in [-0.2, -0.15) is 5.10 Å². The standard InChI is InChI=1S/C25H23FN4O3S/c1-15-8-9-18(12-21(15)26)27-25(31)20-13-22(17-6-4-3-5-7-17)28-24-23(20)16(2)29-30(24)19-10-11-34(32,33)14-19/h3-9,12-13,19H,10-11,14H2,1-2H3,(H,27,31). The molecule has 0 radical (unpaired) electrons. The Hall–Kier alpha value is -3.59. The van der Waals surface area contributed by atoms with Gasteiger partial charge in [0.25, 0.3) is 5.91 Å². The molecular formula is C25H23FN4O3S. The first-order valence-corrected chi connectivity index (χ1v) is 12.8. The molecule has 7 nitrogen and oxygen atoms in total. The maximum atomic E-state index is 14.0. The maximum absolute atomic E-state index is 14.0. The first-order valence-electron chi connectivity index (χ1n) is 10.9. The highest BCUT2D eigenvalue weighted by molar-refractivity contribution is 7.91. The van der Waals surface area contributed by atoms with E-state index >= 15 is 0 Å². The molecule has 174 valence electrons. The maximum Gasteiger partial charge on any atom is 0.256 e. The second kappa shape index (κ2) is 8.32. The Labute approximate surface area is 196 Å². The molecule has 1 N–H and O–H groups in total.